The topological polar surface area (TPSA) is 11.4 Å². The van der Waals surface area contributed by atoms with E-state index in [4.69, 9.17) is 0 Å². The number of rotatable bonds is 6. The van der Waals surface area contributed by atoms with E-state index in [0.717, 1.165) is 22.7 Å². The summed E-state index contributed by atoms with van der Waals surface area (Å²) in [6.07, 6.45) is 0. The van der Waals surface area contributed by atoms with Crippen molar-refractivity contribution in [3.63, 3.8) is 0 Å². The highest BCUT2D eigenvalue weighted by atomic mass is 15.2. The summed E-state index contributed by atoms with van der Waals surface area (Å²) in [7, 11) is 0. The Hall–Kier alpha value is -10.7. The van der Waals surface area contributed by atoms with Gasteiger partial charge in [0.15, 0.2) is 0 Å². The lowest BCUT2D eigenvalue weighted by Gasteiger charge is -2.46. The van der Waals surface area contributed by atoms with Gasteiger partial charge in [0, 0.05) is 50.3 Å². The normalized spacial score (nSPS) is 14.2. The van der Waals surface area contributed by atoms with Gasteiger partial charge in [-0.2, -0.15) is 0 Å². The summed E-state index contributed by atoms with van der Waals surface area (Å²) in [4.78, 5) is 5.39. The molecule has 0 atom stereocenters. The predicted octanol–water partition coefficient (Wildman–Crippen LogP) is 24.7. The molecule has 1 spiro atoms. The lowest BCUT2D eigenvalue weighted by Crippen LogP contribution is -2.61. The number of nitrogens with zero attached hydrogens (tertiary/aromatic N) is 3. The molecule has 0 N–H and O–H groups in total. The van der Waals surface area contributed by atoms with Crippen LogP contribution in [0, 0.1) is 0 Å². The second-order valence-electron chi connectivity index (χ2n) is 34.9. The molecule has 0 fully saturated rings. The first-order valence-corrected chi connectivity index (χ1v) is 37.3. The standard InChI is InChI=1S/C99H90BN3/c1-94(2,3)65-43-49-84(76(56-65)61-30-18-16-19-31-61)102-87-54-63(64-52-67(96(7,8)9)55-68(53-64)97(10,11)12)42-47-81(87)100-82-48-45-70(60-88(82)103(90-59-69(98(13,14)15)58-89(102)93(90)100)85-50-44-66(95(4,5)6)57-77(85)62-32-20-17-21-33-62)101-83-41-29-25-37-75(83)91-86(101)51-46-74-73-36-24-28-40-80(73)99(92(74)91)78-38-26-22-34-71(78)72-35-23-27-39-79(72)99/h16-60H,1-15H3. The van der Waals surface area contributed by atoms with Crippen LogP contribution in [0.3, 0.4) is 0 Å². The van der Waals surface area contributed by atoms with Gasteiger partial charge in [0.2, 0.25) is 0 Å². The molecule has 0 amide bonds. The van der Waals surface area contributed by atoms with Crippen molar-refractivity contribution in [1.82, 2.24) is 4.57 Å². The molecule has 13 aromatic carbocycles. The van der Waals surface area contributed by atoms with Crippen molar-refractivity contribution in [2.45, 2.75) is 136 Å². The molecule has 1 aromatic heterocycles. The SMILES string of the molecule is CC(C)(C)c1cc(-c2ccc3c(c2)N(c2ccc(C(C)(C)C)cc2-c2ccccc2)c2cc(C(C)(C)C)cc4c2B3c2ccc(-n3c5ccccc5c5c6c(ccc53)-c3ccccc3C63c5ccccc5-c5ccccc53)cc2N4c2ccc(C(C)(C)C)cc2-c2ccccc2)cc(C(C)(C)C)c1. The smallest absolute Gasteiger partial charge is 0.252 e. The molecule has 4 aliphatic rings. The third-order valence-corrected chi connectivity index (χ3v) is 23.3. The molecule has 0 saturated carbocycles. The zero-order valence-corrected chi connectivity index (χ0v) is 62.4. The molecular weight excluding hydrogens is 1240 g/mol. The molecule has 2 aliphatic heterocycles. The Morgan fingerprint density at radius 2 is 0.709 bits per heavy atom. The summed E-state index contributed by atoms with van der Waals surface area (Å²) in [5.41, 5.74) is 37.6. The van der Waals surface area contributed by atoms with E-state index in [2.05, 4.69) is 391 Å². The highest BCUT2D eigenvalue weighted by molar-refractivity contribution is 7.00. The second-order valence-corrected chi connectivity index (χ2v) is 34.9. The Labute approximate surface area is 610 Å². The van der Waals surface area contributed by atoms with Crippen LogP contribution in [0.2, 0.25) is 0 Å². The zero-order valence-electron chi connectivity index (χ0n) is 62.4. The first kappa shape index (κ1) is 64.4. The Kier molecular flexibility index (Phi) is 14.2. The van der Waals surface area contributed by atoms with Crippen LogP contribution in [0.25, 0.3) is 83.1 Å². The van der Waals surface area contributed by atoms with Gasteiger partial charge in [0.1, 0.15) is 0 Å². The molecule has 0 unspecified atom stereocenters. The Bertz CT molecular complexity index is 5750. The molecule has 2 aliphatic carbocycles. The van der Waals surface area contributed by atoms with Gasteiger partial charge in [0.25, 0.3) is 6.71 Å². The molecule has 0 saturated heterocycles. The van der Waals surface area contributed by atoms with Gasteiger partial charge in [-0.1, -0.05) is 310 Å². The van der Waals surface area contributed by atoms with E-state index in [1.165, 1.54) is 161 Å². The van der Waals surface area contributed by atoms with Gasteiger partial charge in [-0.25, -0.2) is 0 Å². The quantitative estimate of drug-likeness (QED) is 0.154. The molecule has 3 nitrogen and oxygen atoms in total. The second kappa shape index (κ2) is 22.7. The largest absolute Gasteiger partial charge is 0.311 e. The molecule has 0 bridgehead atoms. The van der Waals surface area contributed by atoms with E-state index in [1.54, 1.807) is 0 Å². The molecule has 3 heterocycles. The maximum absolute atomic E-state index is 2.70. The fourth-order valence-electron chi connectivity index (χ4n) is 17.9. The van der Waals surface area contributed by atoms with Gasteiger partial charge < -0.3 is 14.4 Å². The van der Waals surface area contributed by atoms with Crippen molar-refractivity contribution in [3.05, 3.63) is 323 Å². The van der Waals surface area contributed by atoms with Gasteiger partial charge in [-0.05, 0) is 205 Å². The first-order valence-electron chi connectivity index (χ1n) is 37.3. The Morgan fingerprint density at radius 1 is 0.272 bits per heavy atom. The van der Waals surface area contributed by atoms with Crippen molar-refractivity contribution in [3.8, 4) is 61.3 Å². The van der Waals surface area contributed by atoms with Crippen molar-refractivity contribution in [2.75, 3.05) is 9.80 Å². The van der Waals surface area contributed by atoms with E-state index >= 15 is 0 Å². The summed E-state index contributed by atoms with van der Waals surface area (Å²) in [5.74, 6) is 0. The molecule has 0 radical (unpaired) electrons. The van der Waals surface area contributed by atoms with Crippen LogP contribution in [0.1, 0.15) is 154 Å². The van der Waals surface area contributed by atoms with Gasteiger partial charge in [-0.15, -0.1) is 0 Å². The van der Waals surface area contributed by atoms with E-state index in [-0.39, 0.29) is 33.8 Å². The minimum Gasteiger partial charge on any atom is -0.311 e. The number of hydrogen-bond acceptors (Lipinski definition) is 2. The maximum atomic E-state index is 2.70. The summed E-state index contributed by atoms with van der Waals surface area (Å²) in [6.45, 7) is 35.2. The van der Waals surface area contributed by atoms with E-state index in [0.29, 0.717) is 0 Å². The summed E-state index contributed by atoms with van der Waals surface area (Å²) in [6, 6.07) is 106. The van der Waals surface area contributed by atoms with E-state index in [9.17, 15) is 0 Å². The summed E-state index contributed by atoms with van der Waals surface area (Å²) >= 11 is 0. The molecule has 14 aromatic rings. The minimum atomic E-state index is -0.539. The predicted molar refractivity (Wildman–Crippen MR) is 441 cm³/mol. The number of hydrogen-bond donors (Lipinski definition) is 0. The number of benzene rings is 13. The highest BCUT2D eigenvalue weighted by Crippen LogP contribution is 2.65. The molecule has 103 heavy (non-hydrogen) atoms. The number of fused-ring (bicyclic) bond motifs is 18. The first-order chi connectivity index (χ1) is 49.3. The van der Waals surface area contributed by atoms with Crippen LogP contribution in [-0.2, 0) is 32.5 Å². The van der Waals surface area contributed by atoms with Crippen molar-refractivity contribution in [1.29, 1.82) is 0 Å². The Balaban J connectivity index is 0.964. The number of aromatic nitrogens is 1. The molecule has 504 valence electrons. The third kappa shape index (κ3) is 9.83. The third-order valence-electron chi connectivity index (χ3n) is 23.3. The van der Waals surface area contributed by atoms with Crippen LogP contribution in [0.5, 0.6) is 0 Å². The Morgan fingerprint density at radius 3 is 1.21 bits per heavy atom. The van der Waals surface area contributed by atoms with Gasteiger partial charge in [-0.3, -0.25) is 0 Å². The van der Waals surface area contributed by atoms with Gasteiger partial charge in [0.05, 0.1) is 27.8 Å². The highest BCUT2D eigenvalue weighted by Gasteiger charge is 2.53. The van der Waals surface area contributed by atoms with Crippen LogP contribution in [0.15, 0.2) is 273 Å². The minimum absolute atomic E-state index is 0.0694. The monoisotopic (exact) mass is 1330 g/mol. The van der Waals surface area contributed by atoms with Gasteiger partial charge >= 0.3 is 0 Å². The average molecular weight is 1330 g/mol. The average Bonchev–Trinajstić information content (AvgIpc) is 1.54. The van der Waals surface area contributed by atoms with Crippen LogP contribution in [-0.4, -0.2) is 11.3 Å². The van der Waals surface area contributed by atoms with Crippen molar-refractivity contribution >= 4 is 79.0 Å². The fourth-order valence-corrected chi connectivity index (χ4v) is 17.9. The maximum Gasteiger partial charge on any atom is 0.252 e. The zero-order chi connectivity index (χ0) is 71.2. The summed E-state index contributed by atoms with van der Waals surface area (Å²) < 4.78 is 2.60. The number of anilines is 6. The van der Waals surface area contributed by atoms with E-state index < -0.39 is 5.41 Å². The van der Waals surface area contributed by atoms with Crippen molar-refractivity contribution in [2.24, 2.45) is 0 Å². The molecule has 18 rings (SSSR count). The number of para-hydroxylation sites is 1. The van der Waals surface area contributed by atoms with Crippen LogP contribution < -0.4 is 26.2 Å². The fraction of sp³-hybridized carbons (Fsp3) is 0.212. The lowest BCUT2D eigenvalue weighted by molar-refractivity contribution is 0.569. The van der Waals surface area contributed by atoms with Crippen LogP contribution in [0.4, 0.5) is 34.1 Å². The molecule has 4 heteroatoms. The summed E-state index contributed by atoms with van der Waals surface area (Å²) in [5, 5.41) is 2.54. The lowest BCUT2D eigenvalue weighted by atomic mass is 9.33. The molecular formula is C99H90BN3. The van der Waals surface area contributed by atoms with Crippen molar-refractivity contribution < 1.29 is 0 Å². The van der Waals surface area contributed by atoms with Crippen LogP contribution >= 0.6 is 0 Å². The van der Waals surface area contributed by atoms with E-state index in [1.807, 2.05) is 0 Å².